The molecule has 1 unspecified atom stereocenters. The molecule has 1 aliphatic heterocycles. The lowest BCUT2D eigenvalue weighted by Gasteiger charge is -2.14. The molecule has 0 saturated heterocycles. The fraction of sp³-hybridized carbons (Fsp3) is 0.450. The number of amides is 2. The Kier molecular flexibility index (Phi) is 4.83. The lowest BCUT2D eigenvalue weighted by atomic mass is 10.1. The van der Waals surface area contributed by atoms with Crippen molar-refractivity contribution in [1.29, 1.82) is 0 Å². The summed E-state index contributed by atoms with van der Waals surface area (Å²) in [6, 6.07) is 7.60. The molecule has 0 radical (unpaired) electrons. The molecule has 27 heavy (non-hydrogen) atoms. The second-order valence-electron chi connectivity index (χ2n) is 7.23. The Morgan fingerprint density at radius 3 is 2.78 bits per heavy atom. The average Bonchev–Trinajstić information content (AvgIpc) is 3.20. The summed E-state index contributed by atoms with van der Waals surface area (Å²) in [5, 5.41) is 5.87. The standard InChI is InChI=1S/C20H24N4O3/c1-13(21-20(26)17-11-24-10-2-3-18(24)23-17)14-4-8-16(9-5-14)27-12-19(25)22-15-6-7-15/h4-5,8-9,11,13,15H,2-3,6-7,10,12H2,1H3,(H,21,26)(H,22,25). The molecule has 7 heteroatoms. The molecule has 1 aliphatic carbocycles. The van der Waals surface area contributed by atoms with E-state index in [1.165, 1.54) is 0 Å². The molecule has 1 atom stereocenters. The first-order chi connectivity index (χ1) is 13.1. The minimum atomic E-state index is -0.165. The zero-order chi connectivity index (χ0) is 18.8. The van der Waals surface area contributed by atoms with Crippen molar-refractivity contribution in [2.24, 2.45) is 0 Å². The number of carbonyl (C=O) groups is 2. The van der Waals surface area contributed by atoms with Crippen LogP contribution in [0.4, 0.5) is 0 Å². The number of aromatic nitrogens is 2. The van der Waals surface area contributed by atoms with Crippen molar-refractivity contribution < 1.29 is 14.3 Å². The van der Waals surface area contributed by atoms with E-state index in [0.717, 1.165) is 43.6 Å². The van der Waals surface area contributed by atoms with Gasteiger partial charge in [-0.25, -0.2) is 4.98 Å². The molecule has 1 fully saturated rings. The van der Waals surface area contributed by atoms with Gasteiger partial charge in [0.25, 0.3) is 11.8 Å². The van der Waals surface area contributed by atoms with Gasteiger partial charge >= 0.3 is 0 Å². The minimum Gasteiger partial charge on any atom is -0.484 e. The van der Waals surface area contributed by atoms with Crippen LogP contribution in [0.5, 0.6) is 5.75 Å². The number of hydrogen-bond acceptors (Lipinski definition) is 4. The number of ether oxygens (including phenoxy) is 1. The zero-order valence-electron chi connectivity index (χ0n) is 15.4. The van der Waals surface area contributed by atoms with E-state index in [4.69, 9.17) is 4.74 Å². The van der Waals surface area contributed by atoms with Gasteiger partial charge in [-0.2, -0.15) is 0 Å². The highest BCUT2D eigenvalue weighted by atomic mass is 16.5. The van der Waals surface area contributed by atoms with Crippen LogP contribution in [-0.2, 0) is 17.8 Å². The molecule has 2 aromatic rings. The zero-order valence-corrected chi connectivity index (χ0v) is 15.4. The van der Waals surface area contributed by atoms with Gasteiger partial charge in [-0.15, -0.1) is 0 Å². The van der Waals surface area contributed by atoms with Crippen LogP contribution < -0.4 is 15.4 Å². The largest absolute Gasteiger partial charge is 0.484 e. The predicted molar refractivity (Wildman–Crippen MR) is 99.5 cm³/mol. The highest BCUT2D eigenvalue weighted by Crippen LogP contribution is 2.20. The van der Waals surface area contributed by atoms with Gasteiger partial charge in [0.1, 0.15) is 17.3 Å². The lowest BCUT2D eigenvalue weighted by Crippen LogP contribution is -2.30. The monoisotopic (exact) mass is 368 g/mol. The summed E-state index contributed by atoms with van der Waals surface area (Å²) in [6.45, 7) is 2.89. The molecule has 2 amide bonds. The van der Waals surface area contributed by atoms with Gasteiger partial charge in [-0.1, -0.05) is 12.1 Å². The molecule has 0 bridgehead atoms. The third kappa shape index (κ3) is 4.30. The smallest absolute Gasteiger partial charge is 0.271 e. The van der Waals surface area contributed by atoms with E-state index in [1.807, 2.05) is 42.0 Å². The second kappa shape index (κ2) is 7.42. The van der Waals surface area contributed by atoms with E-state index in [-0.39, 0.29) is 24.5 Å². The van der Waals surface area contributed by atoms with Crippen molar-refractivity contribution in [2.45, 2.75) is 51.2 Å². The van der Waals surface area contributed by atoms with Gasteiger partial charge in [-0.3, -0.25) is 9.59 Å². The van der Waals surface area contributed by atoms with E-state index in [1.54, 1.807) is 0 Å². The summed E-state index contributed by atoms with van der Waals surface area (Å²) in [4.78, 5) is 28.5. The Hall–Kier alpha value is -2.83. The van der Waals surface area contributed by atoms with Crippen molar-refractivity contribution in [3.8, 4) is 5.75 Å². The van der Waals surface area contributed by atoms with Crippen molar-refractivity contribution >= 4 is 11.8 Å². The topological polar surface area (TPSA) is 85.2 Å². The van der Waals surface area contributed by atoms with Crippen molar-refractivity contribution in [1.82, 2.24) is 20.2 Å². The van der Waals surface area contributed by atoms with Crippen molar-refractivity contribution in [2.75, 3.05) is 6.61 Å². The Morgan fingerprint density at radius 1 is 1.30 bits per heavy atom. The first-order valence-corrected chi connectivity index (χ1v) is 9.47. The number of nitrogens with zero attached hydrogens (tertiary/aromatic N) is 2. The number of rotatable bonds is 7. The van der Waals surface area contributed by atoms with E-state index in [0.29, 0.717) is 17.5 Å². The average molecular weight is 368 g/mol. The van der Waals surface area contributed by atoms with Gasteiger partial charge < -0.3 is 19.9 Å². The van der Waals surface area contributed by atoms with Crippen LogP contribution in [0.15, 0.2) is 30.5 Å². The quantitative estimate of drug-likeness (QED) is 0.783. The van der Waals surface area contributed by atoms with Gasteiger partial charge in [-0.05, 0) is 43.9 Å². The normalized spacial score (nSPS) is 16.5. The molecule has 0 spiro atoms. The maximum Gasteiger partial charge on any atom is 0.271 e. The van der Waals surface area contributed by atoms with Crippen LogP contribution in [0.25, 0.3) is 0 Å². The summed E-state index contributed by atoms with van der Waals surface area (Å²) in [5.74, 6) is 1.37. The van der Waals surface area contributed by atoms with E-state index in [2.05, 4.69) is 15.6 Å². The molecular formula is C20H24N4O3. The van der Waals surface area contributed by atoms with Crippen LogP contribution in [-0.4, -0.2) is 34.0 Å². The number of benzene rings is 1. The van der Waals surface area contributed by atoms with E-state index >= 15 is 0 Å². The predicted octanol–water partition coefficient (Wildman–Crippen LogP) is 1.98. The second-order valence-corrected chi connectivity index (χ2v) is 7.23. The Labute approximate surface area is 158 Å². The molecule has 2 aliphatic rings. The SMILES string of the molecule is CC(NC(=O)c1cn2c(n1)CCC2)c1ccc(OCC(=O)NC2CC2)cc1. The van der Waals surface area contributed by atoms with E-state index < -0.39 is 0 Å². The van der Waals surface area contributed by atoms with Gasteiger partial charge in [0, 0.05) is 25.2 Å². The summed E-state index contributed by atoms with van der Waals surface area (Å²) in [7, 11) is 0. The minimum absolute atomic E-state index is 0.0210. The molecule has 7 nitrogen and oxygen atoms in total. The fourth-order valence-electron chi connectivity index (χ4n) is 3.22. The van der Waals surface area contributed by atoms with Crippen molar-refractivity contribution in [3.05, 3.63) is 47.5 Å². The summed E-state index contributed by atoms with van der Waals surface area (Å²) >= 11 is 0. The number of carbonyl (C=O) groups excluding carboxylic acids is 2. The maximum atomic E-state index is 12.4. The van der Waals surface area contributed by atoms with Crippen LogP contribution in [0.3, 0.4) is 0 Å². The summed E-state index contributed by atoms with van der Waals surface area (Å²) in [6.07, 6.45) is 5.98. The Bertz CT molecular complexity index is 818. The highest BCUT2D eigenvalue weighted by Gasteiger charge is 2.23. The molecule has 1 aromatic heterocycles. The van der Waals surface area contributed by atoms with Crippen LogP contribution in [0, 0.1) is 0 Å². The molecule has 1 aromatic carbocycles. The first-order valence-electron chi connectivity index (χ1n) is 9.47. The Balaban J connectivity index is 1.29. The summed E-state index contributed by atoms with van der Waals surface area (Å²) < 4.78 is 7.55. The molecule has 1 saturated carbocycles. The number of imidazole rings is 1. The number of hydrogen-bond donors (Lipinski definition) is 2. The third-order valence-electron chi connectivity index (χ3n) is 4.93. The van der Waals surface area contributed by atoms with E-state index in [9.17, 15) is 9.59 Å². The fourth-order valence-corrected chi connectivity index (χ4v) is 3.22. The number of nitrogens with one attached hydrogen (secondary N) is 2. The molecule has 4 rings (SSSR count). The molecule has 142 valence electrons. The molecule has 2 N–H and O–H groups in total. The lowest BCUT2D eigenvalue weighted by molar-refractivity contribution is -0.123. The maximum absolute atomic E-state index is 12.4. The number of aryl methyl sites for hydroxylation is 2. The first kappa shape index (κ1) is 17.6. The van der Waals surface area contributed by atoms with Gasteiger partial charge in [0.05, 0.1) is 6.04 Å². The molecule has 2 heterocycles. The van der Waals surface area contributed by atoms with Crippen LogP contribution in [0.2, 0.25) is 0 Å². The van der Waals surface area contributed by atoms with Crippen LogP contribution in [0.1, 0.15) is 54.1 Å². The van der Waals surface area contributed by atoms with Gasteiger partial charge in [0.2, 0.25) is 0 Å². The highest BCUT2D eigenvalue weighted by molar-refractivity contribution is 5.92. The van der Waals surface area contributed by atoms with Crippen molar-refractivity contribution in [3.63, 3.8) is 0 Å². The number of fused-ring (bicyclic) bond motifs is 1. The van der Waals surface area contributed by atoms with Crippen LogP contribution >= 0.6 is 0 Å². The molecular weight excluding hydrogens is 344 g/mol. The Morgan fingerprint density at radius 2 is 2.07 bits per heavy atom. The van der Waals surface area contributed by atoms with Gasteiger partial charge in [0.15, 0.2) is 6.61 Å². The summed E-state index contributed by atoms with van der Waals surface area (Å²) in [5.41, 5.74) is 1.43. The third-order valence-corrected chi connectivity index (χ3v) is 4.93.